The van der Waals surface area contributed by atoms with Gasteiger partial charge < -0.3 is 10.5 Å². The Kier molecular flexibility index (Phi) is 4.74. The minimum Gasteiger partial charge on any atom is -0.379 e. The van der Waals surface area contributed by atoms with Crippen molar-refractivity contribution in [1.82, 2.24) is 9.80 Å². The van der Waals surface area contributed by atoms with Gasteiger partial charge in [0.25, 0.3) is 0 Å². The average molecular weight is 267 g/mol. The molecular weight excluding hydrogens is 238 g/mol. The standard InChI is InChI=1S/C15H29N3O/c16-11-13-3-1-2-4-15(13)18-6-5-14(12-18)17-7-9-19-10-8-17/h13-15H,1-12,16H2. The summed E-state index contributed by atoms with van der Waals surface area (Å²) in [6.07, 6.45) is 6.85. The van der Waals surface area contributed by atoms with Gasteiger partial charge in [-0.05, 0) is 31.7 Å². The lowest BCUT2D eigenvalue weighted by atomic mass is 9.83. The van der Waals surface area contributed by atoms with Crippen LogP contribution in [0.5, 0.6) is 0 Å². The van der Waals surface area contributed by atoms with Gasteiger partial charge >= 0.3 is 0 Å². The van der Waals surface area contributed by atoms with Gasteiger partial charge in [0, 0.05) is 38.3 Å². The quantitative estimate of drug-likeness (QED) is 0.825. The summed E-state index contributed by atoms with van der Waals surface area (Å²) in [5, 5.41) is 0. The Balaban J connectivity index is 1.55. The van der Waals surface area contributed by atoms with Crippen LogP contribution in [0, 0.1) is 5.92 Å². The molecule has 1 aliphatic carbocycles. The number of rotatable bonds is 3. The highest BCUT2D eigenvalue weighted by atomic mass is 16.5. The summed E-state index contributed by atoms with van der Waals surface area (Å²) >= 11 is 0. The molecule has 3 rings (SSSR count). The summed E-state index contributed by atoms with van der Waals surface area (Å²) < 4.78 is 5.47. The summed E-state index contributed by atoms with van der Waals surface area (Å²) in [5.74, 6) is 0.747. The smallest absolute Gasteiger partial charge is 0.0594 e. The maximum absolute atomic E-state index is 5.99. The highest BCUT2D eigenvalue weighted by Gasteiger charge is 2.36. The highest BCUT2D eigenvalue weighted by molar-refractivity contribution is 4.91. The molecule has 0 radical (unpaired) electrons. The van der Waals surface area contributed by atoms with Crippen LogP contribution in [0.2, 0.25) is 0 Å². The summed E-state index contributed by atoms with van der Waals surface area (Å²) in [6.45, 7) is 7.53. The van der Waals surface area contributed by atoms with Gasteiger partial charge in [-0.3, -0.25) is 9.80 Å². The number of likely N-dealkylation sites (tertiary alicyclic amines) is 1. The van der Waals surface area contributed by atoms with Crippen LogP contribution >= 0.6 is 0 Å². The lowest BCUT2D eigenvalue weighted by molar-refractivity contribution is 0.0160. The molecular formula is C15H29N3O. The molecule has 110 valence electrons. The molecule has 19 heavy (non-hydrogen) atoms. The van der Waals surface area contributed by atoms with E-state index in [9.17, 15) is 0 Å². The third-order valence-electron chi connectivity index (χ3n) is 5.40. The first-order valence-electron chi connectivity index (χ1n) is 8.14. The molecule has 2 saturated heterocycles. The second kappa shape index (κ2) is 6.53. The maximum atomic E-state index is 5.99. The number of ether oxygens (including phenoxy) is 1. The molecule has 1 saturated carbocycles. The lowest BCUT2D eigenvalue weighted by Gasteiger charge is -2.38. The van der Waals surface area contributed by atoms with Crippen LogP contribution < -0.4 is 5.73 Å². The Morgan fingerprint density at radius 1 is 0.947 bits per heavy atom. The molecule has 4 nitrogen and oxygen atoms in total. The highest BCUT2D eigenvalue weighted by Crippen LogP contribution is 2.31. The molecule has 3 atom stereocenters. The van der Waals surface area contributed by atoms with E-state index in [0.29, 0.717) is 0 Å². The predicted octanol–water partition coefficient (Wildman–Crippen LogP) is 0.910. The fraction of sp³-hybridized carbons (Fsp3) is 1.00. The molecule has 0 spiro atoms. The van der Waals surface area contributed by atoms with Gasteiger partial charge in [-0.25, -0.2) is 0 Å². The second-order valence-corrected chi connectivity index (χ2v) is 6.43. The van der Waals surface area contributed by atoms with Crippen LogP contribution in [0.4, 0.5) is 0 Å². The number of morpholine rings is 1. The van der Waals surface area contributed by atoms with Gasteiger partial charge in [-0.15, -0.1) is 0 Å². The van der Waals surface area contributed by atoms with E-state index in [1.165, 1.54) is 45.2 Å². The monoisotopic (exact) mass is 267 g/mol. The molecule has 0 bridgehead atoms. The van der Waals surface area contributed by atoms with Gasteiger partial charge in [-0.2, -0.15) is 0 Å². The lowest BCUT2D eigenvalue weighted by Crippen LogP contribution is -2.48. The summed E-state index contributed by atoms with van der Waals surface area (Å²) in [5.41, 5.74) is 5.99. The first-order valence-corrected chi connectivity index (χ1v) is 8.14. The number of nitrogens with zero attached hydrogens (tertiary/aromatic N) is 2. The van der Waals surface area contributed by atoms with Gasteiger partial charge in [0.1, 0.15) is 0 Å². The molecule has 2 N–H and O–H groups in total. The minimum absolute atomic E-state index is 0.747. The van der Waals surface area contributed by atoms with Crippen molar-refractivity contribution in [3.05, 3.63) is 0 Å². The Bertz CT molecular complexity index is 281. The van der Waals surface area contributed by atoms with Crippen molar-refractivity contribution in [2.75, 3.05) is 45.9 Å². The largest absolute Gasteiger partial charge is 0.379 e. The molecule has 0 aromatic rings. The van der Waals surface area contributed by atoms with Gasteiger partial charge in [0.15, 0.2) is 0 Å². The zero-order valence-electron chi connectivity index (χ0n) is 12.1. The zero-order chi connectivity index (χ0) is 13.1. The zero-order valence-corrected chi connectivity index (χ0v) is 12.1. The Morgan fingerprint density at radius 2 is 1.74 bits per heavy atom. The Labute approximate surface area is 117 Å². The van der Waals surface area contributed by atoms with Crippen molar-refractivity contribution >= 4 is 0 Å². The SMILES string of the molecule is NCC1CCCCC1N1CCC(N2CCOCC2)C1. The summed E-state index contributed by atoms with van der Waals surface area (Å²) in [4.78, 5) is 5.39. The fourth-order valence-electron chi connectivity index (χ4n) is 4.25. The summed E-state index contributed by atoms with van der Waals surface area (Å²) in [6, 6.07) is 1.54. The van der Waals surface area contributed by atoms with Crippen molar-refractivity contribution in [3.8, 4) is 0 Å². The number of nitrogens with two attached hydrogens (primary N) is 1. The topological polar surface area (TPSA) is 41.7 Å². The molecule has 0 amide bonds. The van der Waals surface area contributed by atoms with Gasteiger partial charge in [-0.1, -0.05) is 12.8 Å². The normalized spacial score (nSPS) is 38.7. The average Bonchev–Trinajstić information content (AvgIpc) is 2.98. The third-order valence-corrected chi connectivity index (χ3v) is 5.40. The molecule has 3 unspecified atom stereocenters. The van der Waals surface area contributed by atoms with E-state index in [2.05, 4.69) is 9.80 Å². The van der Waals surface area contributed by atoms with Crippen LogP contribution in [0.15, 0.2) is 0 Å². The van der Waals surface area contributed by atoms with Crippen molar-refractivity contribution < 1.29 is 4.74 Å². The predicted molar refractivity (Wildman–Crippen MR) is 77.2 cm³/mol. The van der Waals surface area contributed by atoms with Crippen molar-refractivity contribution in [2.24, 2.45) is 11.7 Å². The molecule has 3 fully saturated rings. The molecule has 4 heteroatoms. The molecule has 2 heterocycles. The Morgan fingerprint density at radius 3 is 2.53 bits per heavy atom. The van der Waals surface area contributed by atoms with Gasteiger partial charge in [0.05, 0.1) is 13.2 Å². The maximum Gasteiger partial charge on any atom is 0.0594 e. The van der Waals surface area contributed by atoms with Crippen LogP contribution in [-0.4, -0.2) is 67.8 Å². The molecule has 0 aromatic heterocycles. The second-order valence-electron chi connectivity index (χ2n) is 6.43. The van der Waals surface area contributed by atoms with Crippen LogP contribution in [0.1, 0.15) is 32.1 Å². The molecule has 0 aromatic carbocycles. The first kappa shape index (κ1) is 13.8. The number of hydrogen-bond donors (Lipinski definition) is 1. The van der Waals surface area contributed by atoms with Crippen LogP contribution in [0.25, 0.3) is 0 Å². The molecule has 3 aliphatic rings. The fourth-order valence-corrected chi connectivity index (χ4v) is 4.25. The van der Waals surface area contributed by atoms with Crippen molar-refractivity contribution in [2.45, 2.75) is 44.2 Å². The van der Waals surface area contributed by atoms with E-state index in [1.54, 1.807) is 0 Å². The van der Waals surface area contributed by atoms with E-state index >= 15 is 0 Å². The van der Waals surface area contributed by atoms with Crippen molar-refractivity contribution in [1.29, 1.82) is 0 Å². The van der Waals surface area contributed by atoms with E-state index in [1.807, 2.05) is 0 Å². The van der Waals surface area contributed by atoms with E-state index < -0.39 is 0 Å². The molecule has 2 aliphatic heterocycles. The van der Waals surface area contributed by atoms with E-state index in [0.717, 1.165) is 50.8 Å². The van der Waals surface area contributed by atoms with Crippen LogP contribution in [-0.2, 0) is 4.74 Å². The van der Waals surface area contributed by atoms with E-state index in [-0.39, 0.29) is 0 Å². The third kappa shape index (κ3) is 3.13. The Hall–Kier alpha value is -0.160. The van der Waals surface area contributed by atoms with Gasteiger partial charge in [0.2, 0.25) is 0 Å². The minimum atomic E-state index is 0.747. The number of hydrogen-bond acceptors (Lipinski definition) is 4. The van der Waals surface area contributed by atoms with Crippen molar-refractivity contribution in [3.63, 3.8) is 0 Å². The summed E-state index contributed by atoms with van der Waals surface area (Å²) in [7, 11) is 0. The van der Waals surface area contributed by atoms with Crippen LogP contribution in [0.3, 0.4) is 0 Å². The van der Waals surface area contributed by atoms with E-state index in [4.69, 9.17) is 10.5 Å². The first-order chi connectivity index (χ1) is 9.38.